The predicted octanol–water partition coefficient (Wildman–Crippen LogP) is 2.19. The first-order valence-corrected chi connectivity index (χ1v) is 6.74. The summed E-state index contributed by atoms with van der Waals surface area (Å²) in [4.78, 5) is 12.4. The summed E-state index contributed by atoms with van der Waals surface area (Å²) in [5.41, 5.74) is 7.23. The summed E-state index contributed by atoms with van der Waals surface area (Å²) in [6, 6.07) is 7.83. The molecule has 1 fully saturated rings. The minimum atomic E-state index is 0.0174. The van der Waals surface area contributed by atoms with Gasteiger partial charge in [0.05, 0.1) is 4.99 Å². The lowest BCUT2D eigenvalue weighted by Crippen LogP contribution is -2.32. The Balaban J connectivity index is 1.95. The number of nitrogens with one attached hydrogen (secondary N) is 1. The summed E-state index contributed by atoms with van der Waals surface area (Å²) in [5.74, 6) is 0.0174. The van der Waals surface area contributed by atoms with E-state index in [2.05, 4.69) is 5.32 Å². The Labute approximate surface area is 113 Å². The molecular formula is C14H18N2OS. The third kappa shape index (κ3) is 3.53. The van der Waals surface area contributed by atoms with Gasteiger partial charge in [-0.05, 0) is 30.5 Å². The van der Waals surface area contributed by atoms with E-state index in [0.29, 0.717) is 23.0 Å². The highest BCUT2D eigenvalue weighted by Gasteiger charge is 2.17. The molecule has 1 amide bonds. The molecule has 0 bridgehead atoms. The van der Waals surface area contributed by atoms with Gasteiger partial charge in [-0.1, -0.05) is 37.2 Å². The van der Waals surface area contributed by atoms with E-state index in [1.165, 1.54) is 12.8 Å². The Bertz CT molecular complexity index is 436. The molecule has 1 saturated carbocycles. The van der Waals surface area contributed by atoms with Gasteiger partial charge in [-0.15, -0.1) is 0 Å². The van der Waals surface area contributed by atoms with Gasteiger partial charge >= 0.3 is 0 Å². The molecule has 0 radical (unpaired) electrons. The zero-order valence-corrected chi connectivity index (χ0v) is 11.1. The van der Waals surface area contributed by atoms with Crippen molar-refractivity contribution in [2.75, 3.05) is 0 Å². The number of thiocarbonyl (C=S) groups is 1. The molecule has 4 heteroatoms. The summed E-state index contributed by atoms with van der Waals surface area (Å²) >= 11 is 4.86. The molecule has 2 rings (SSSR count). The third-order valence-electron chi connectivity index (χ3n) is 3.28. The molecule has 1 aliphatic carbocycles. The Morgan fingerprint density at radius 1 is 1.28 bits per heavy atom. The van der Waals surface area contributed by atoms with Gasteiger partial charge in [-0.25, -0.2) is 0 Å². The SMILES string of the molecule is NC(=S)Cc1ccc(C(=O)NC2CCCC2)cc1. The molecule has 3 nitrogen and oxygen atoms in total. The molecule has 0 aromatic heterocycles. The Hall–Kier alpha value is -1.42. The van der Waals surface area contributed by atoms with Gasteiger partial charge in [0.2, 0.25) is 0 Å². The molecule has 0 saturated heterocycles. The van der Waals surface area contributed by atoms with Crippen LogP contribution in [0.1, 0.15) is 41.6 Å². The highest BCUT2D eigenvalue weighted by molar-refractivity contribution is 7.80. The van der Waals surface area contributed by atoms with Crippen molar-refractivity contribution in [2.45, 2.75) is 38.1 Å². The molecule has 96 valence electrons. The zero-order chi connectivity index (χ0) is 13.0. The second kappa shape index (κ2) is 5.96. The first-order valence-electron chi connectivity index (χ1n) is 6.33. The number of carbonyl (C=O) groups is 1. The summed E-state index contributed by atoms with van der Waals surface area (Å²) in [7, 11) is 0. The van der Waals surface area contributed by atoms with E-state index in [4.69, 9.17) is 18.0 Å². The molecule has 0 spiro atoms. The zero-order valence-electron chi connectivity index (χ0n) is 10.3. The lowest BCUT2D eigenvalue weighted by Gasteiger charge is -2.12. The molecule has 1 aromatic carbocycles. The van der Waals surface area contributed by atoms with E-state index in [-0.39, 0.29) is 5.91 Å². The van der Waals surface area contributed by atoms with Crippen molar-refractivity contribution < 1.29 is 4.79 Å². The van der Waals surface area contributed by atoms with Gasteiger partial charge in [0.25, 0.3) is 5.91 Å². The molecule has 0 heterocycles. The van der Waals surface area contributed by atoms with Crippen molar-refractivity contribution in [1.29, 1.82) is 0 Å². The highest BCUT2D eigenvalue weighted by Crippen LogP contribution is 2.18. The lowest BCUT2D eigenvalue weighted by atomic mass is 10.1. The van der Waals surface area contributed by atoms with Crippen LogP contribution in [0, 0.1) is 0 Å². The largest absolute Gasteiger partial charge is 0.393 e. The molecule has 3 N–H and O–H groups in total. The number of benzene rings is 1. The maximum Gasteiger partial charge on any atom is 0.251 e. The van der Waals surface area contributed by atoms with E-state index < -0.39 is 0 Å². The smallest absolute Gasteiger partial charge is 0.251 e. The topological polar surface area (TPSA) is 55.1 Å². The molecule has 0 aliphatic heterocycles. The normalized spacial score (nSPS) is 15.6. The van der Waals surface area contributed by atoms with Crippen LogP contribution in [0.25, 0.3) is 0 Å². The van der Waals surface area contributed by atoms with Crippen LogP contribution in [0.15, 0.2) is 24.3 Å². The molecule has 1 aromatic rings. The van der Waals surface area contributed by atoms with Crippen molar-refractivity contribution in [1.82, 2.24) is 5.32 Å². The highest BCUT2D eigenvalue weighted by atomic mass is 32.1. The summed E-state index contributed by atoms with van der Waals surface area (Å²) in [6.07, 6.45) is 5.23. The van der Waals surface area contributed by atoms with Crippen LogP contribution in [-0.2, 0) is 6.42 Å². The average molecular weight is 262 g/mol. The van der Waals surface area contributed by atoms with Crippen LogP contribution in [0.4, 0.5) is 0 Å². The van der Waals surface area contributed by atoms with Gasteiger partial charge in [0.15, 0.2) is 0 Å². The van der Waals surface area contributed by atoms with Crippen LogP contribution in [0.2, 0.25) is 0 Å². The van der Waals surface area contributed by atoms with E-state index >= 15 is 0 Å². The fraction of sp³-hybridized carbons (Fsp3) is 0.429. The van der Waals surface area contributed by atoms with Crippen LogP contribution < -0.4 is 11.1 Å². The number of hydrogen-bond donors (Lipinski definition) is 2. The van der Waals surface area contributed by atoms with Crippen molar-refractivity contribution in [3.63, 3.8) is 0 Å². The second-order valence-corrected chi connectivity index (χ2v) is 5.32. The number of rotatable bonds is 4. The van der Waals surface area contributed by atoms with Crippen LogP contribution in [-0.4, -0.2) is 16.9 Å². The van der Waals surface area contributed by atoms with Crippen LogP contribution >= 0.6 is 12.2 Å². The van der Waals surface area contributed by atoms with Gasteiger partial charge in [0.1, 0.15) is 0 Å². The van der Waals surface area contributed by atoms with Gasteiger partial charge in [-0.2, -0.15) is 0 Å². The minimum Gasteiger partial charge on any atom is -0.393 e. The maximum absolute atomic E-state index is 12.0. The van der Waals surface area contributed by atoms with Crippen molar-refractivity contribution in [3.8, 4) is 0 Å². The van der Waals surface area contributed by atoms with Crippen LogP contribution in [0.3, 0.4) is 0 Å². The Morgan fingerprint density at radius 3 is 2.44 bits per heavy atom. The van der Waals surface area contributed by atoms with E-state index in [1.54, 1.807) is 0 Å². The first kappa shape index (κ1) is 13.0. The standard InChI is InChI=1S/C14H18N2OS/c15-13(18)9-10-5-7-11(8-6-10)14(17)16-12-3-1-2-4-12/h5-8,12H,1-4,9H2,(H2,15,18)(H,16,17). The van der Waals surface area contributed by atoms with E-state index in [0.717, 1.165) is 18.4 Å². The molecule has 0 unspecified atom stereocenters. The number of amides is 1. The first-order chi connectivity index (χ1) is 8.65. The van der Waals surface area contributed by atoms with Gasteiger partial charge in [-0.3, -0.25) is 4.79 Å². The number of nitrogens with two attached hydrogens (primary N) is 1. The Kier molecular flexibility index (Phi) is 4.31. The van der Waals surface area contributed by atoms with Crippen molar-refractivity contribution >= 4 is 23.1 Å². The molecule has 18 heavy (non-hydrogen) atoms. The van der Waals surface area contributed by atoms with E-state index in [9.17, 15) is 4.79 Å². The van der Waals surface area contributed by atoms with Crippen molar-refractivity contribution in [3.05, 3.63) is 35.4 Å². The van der Waals surface area contributed by atoms with Crippen LogP contribution in [0.5, 0.6) is 0 Å². The summed E-state index contributed by atoms with van der Waals surface area (Å²) < 4.78 is 0. The molecule has 0 atom stereocenters. The number of hydrogen-bond acceptors (Lipinski definition) is 2. The number of carbonyl (C=O) groups excluding carboxylic acids is 1. The van der Waals surface area contributed by atoms with E-state index in [1.807, 2.05) is 24.3 Å². The molecule has 1 aliphatic rings. The fourth-order valence-corrected chi connectivity index (χ4v) is 2.48. The Morgan fingerprint density at radius 2 is 1.89 bits per heavy atom. The van der Waals surface area contributed by atoms with Crippen molar-refractivity contribution in [2.24, 2.45) is 5.73 Å². The van der Waals surface area contributed by atoms with Gasteiger partial charge in [0, 0.05) is 18.0 Å². The van der Waals surface area contributed by atoms with Gasteiger partial charge < -0.3 is 11.1 Å². The third-order valence-corrected chi connectivity index (χ3v) is 3.43. The fourth-order valence-electron chi connectivity index (χ4n) is 2.31. The predicted molar refractivity (Wildman–Crippen MR) is 76.7 cm³/mol. The summed E-state index contributed by atoms with van der Waals surface area (Å²) in [5, 5.41) is 3.07. The maximum atomic E-state index is 12.0. The monoisotopic (exact) mass is 262 g/mol. The minimum absolute atomic E-state index is 0.0174. The average Bonchev–Trinajstić information content (AvgIpc) is 2.82. The quantitative estimate of drug-likeness (QED) is 0.818. The molecular weight excluding hydrogens is 244 g/mol. The second-order valence-electron chi connectivity index (χ2n) is 4.79. The summed E-state index contributed by atoms with van der Waals surface area (Å²) in [6.45, 7) is 0. The lowest BCUT2D eigenvalue weighted by molar-refractivity contribution is 0.0938.